The molecule has 0 saturated heterocycles. The normalized spacial score (nSPS) is 15.9. The minimum absolute atomic E-state index is 0.133. The van der Waals surface area contributed by atoms with Crippen molar-refractivity contribution in [3.63, 3.8) is 0 Å². The maximum absolute atomic E-state index is 11.7. The van der Waals surface area contributed by atoms with E-state index in [-0.39, 0.29) is 16.9 Å². The minimum atomic E-state index is -1.22. The smallest absolute Gasteiger partial charge is 0.358 e. The summed E-state index contributed by atoms with van der Waals surface area (Å²) in [6.45, 7) is 2.33. The van der Waals surface area contributed by atoms with Crippen LogP contribution in [0.2, 0.25) is 0 Å². The van der Waals surface area contributed by atoms with Gasteiger partial charge in [-0.3, -0.25) is 0 Å². The summed E-state index contributed by atoms with van der Waals surface area (Å²) in [6, 6.07) is 10.3. The summed E-state index contributed by atoms with van der Waals surface area (Å²) in [5, 5.41) is 19.9. The van der Waals surface area contributed by atoms with Crippen LogP contribution in [0.25, 0.3) is 0 Å². The number of ether oxygens (including phenoxy) is 1. The van der Waals surface area contributed by atoms with Crippen LogP contribution in [0.1, 0.15) is 73.7 Å². The maximum atomic E-state index is 11.7. The quantitative estimate of drug-likeness (QED) is 0.651. The summed E-state index contributed by atoms with van der Waals surface area (Å²) in [6.07, 6.45) is 7.59. The Kier molecular flexibility index (Phi) is 6.49. The largest absolute Gasteiger partial charge is 0.491 e. The van der Waals surface area contributed by atoms with Crippen LogP contribution in [0, 0.1) is 0 Å². The van der Waals surface area contributed by atoms with Crippen LogP contribution in [0.15, 0.2) is 30.3 Å². The van der Waals surface area contributed by atoms with Crippen molar-refractivity contribution in [2.75, 3.05) is 6.61 Å². The highest BCUT2D eigenvalue weighted by Gasteiger charge is 2.35. The summed E-state index contributed by atoms with van der Waals surface area (Å²) in [5.74, 6) is -1.40. The first-order chi connectivity index (χ1) is 13.6. The number of aromatic hydroxyl groups is 1. The van der Waals surface area contributed by atoms with Gasteiger partial charge in [0.1, 0.15) is 5.82 Å². The molecule has 1 heterocycles. The Morgan fingerprint density at radius 1 is 1.14 bits per heavy atom. The highest BCUT2D eigenvalue weighted by molar-refractivity contribution is 5.89. The second-order valence-electron chi connectivity index (χ2n) is 7.53. The third-order valence-electron chi connectivity index (χ3n) is 5.53. The molecule has 6 nitrogen and oxygen atoms in total. The van der Waals surface area contributed by atoms with Crippen LogP contribution < -0.4 is 4.74 Å². The van der Waals surface area contributed by atoms with Crippen LogP contribution in [-0.4, -0.2) is 32.8 Å². The summed E-state index contributed by atoms with van der Waals surface area (Å²) in [4.78, 5) is 20.2. The molecule has 150 valence electrons. The molecule has 2 aromatic rings. The van der Waals surface area contributed by atoms with Gasteiger partial charge in [-0.25, -0.2) is 9.78 Å². The Labute approximate surface area is 165 Å². The van der Waals surface area contributed by atoms with Crippen LogP contribution in [0.3, 0.4) is 0 Å². The van der Waals surface area contributed by atoms with Crippen LogP contribution in [0.5, 0.6) is 11.6 Å². The summed E-state index contributed by atoms with van der Waals surface area (Å²) >= 11 is 0. The Hall–Kier alpha value is -2.63. The van der Waals surface area contributed by atoms with E-state index >= 15 is 0 Å². The van der Waals surface area contributed by atoms with Gasteiger partial charge in [0.2, 0.25) is 5.75 Å². The van der Waals surface area contributed by atoms with E-state index < -0.39 is 11.8 Å². The van der Waals surface area contributed by atoms with Crippen molar-refractivity contribution in [3.8, 4) is 11.6 Å². The number of aromatic carboxylic acids is 1. The number of nitrogens with zero attached hydrogens (tertiary/aromatic N) is 2. The van der Waals surface area contributed by atoms with Gasteiger partial charge >= 0.3 is 5.97 Å². The van der Waals surface area contributed by atoms with Crippen molar-refractivity contribution in [2.45, 2.75) is 63.7 Å². The molecule has 1 aliphatic carbocycles. The molecule has 0 amide bonds. The van der Waals surface area contributed by atoms with Gasteiger partial charge in [0.25, 0.3) is 5.88 Å². The number of hydrogen-bond acceptors (Lipinski definition) is 5. The molecular formula is C22H28N2O4. The van der Waals surface area contributed by atoms with Crippen LogP contribution in [-0.2, 0) is 11.8 Å². The molecule has 0 radical (unpaired) electrons. The molecule has 0 aliphatic heterocycles. The zero-order valence-corrected chi connectivity index (χ0v) is 16.4. The predicted octanol–water partition coefficient (Wildman–Crippen LogP) is 4.50. The topological polar surface area (TPSA) is 92.5 Å². The molecule has 0 bridgehead atoms. The third kappa shape index (κ3) is 4.43. The maximum Gasteiger partial charge on any atom is 0.358 e. The molecule has 1 fully saturated rings. The zero-order valence-electron chi connectivity index (χ0n) is 16.4. The van der Waals surface area contributed by atoms with Gasteiger partial charge in [-0.2, -0.15) is 4.98 Å². The fourth-order valence-corrected chi connectivity index (χ4v) is 4.05. The number of aromatic nitrogens is 2. The number of rotatable bonds is 8. The second kappa shape index (κ2) is 9.04. The van der Waals surface area contributed by atoms with Crippen molar-refractivity contribution in [1.29, 1.82) is 0 Å². The lowest BCUT2D eigenvalue weighted by molar-refractivity contribution is 0.0682. The molecule has 3 rings (SSSR count). The van der Waals surface area contributed by atoms with Gasteiger partial charge in [-0.05, 0) is 24.8 Å². The SMILES string of the molecule is CCCCOc1c(O)nc(CC2(c3ccccc3)CCCCC2)nc1C(=O)O. The number of unbranched alkanes of at least 4 members (excludes halogenated alkanes) is 1. The molecule has 1 aromatic heterocycles. The Morgan fingerprint density at radius 2 is 1.86 bits per heavy atom. The van der Waals surface area contributed by atoms with Gasteiger partial charge < -0.3 is 14.9 Å². The molecule has 28 heavy (non-hydrogen) atoms. The van der Waals surface area contributed by atoms with Crippen molar-refractivity contribution in [2.24, 2.45) is 0 Å². The lowest BCUT2D eigenvalue weighted by Gasteiger charge is -2.37. The Balaban J connectivity index is 1.94. The van der Waals surface area contributed by atoms with Gasteiger partial charge in [-0.1, -0.05) is 62.9 Å². The average Bonchev–Trinajstić information content (AvgIpc) is 2.70. The highest BCUT2D eigenvalue weighted by atomic mass is 16.5. The minimum Gasteiger partial charge on any atom is -0.491 e. The van der Waals surface area contributed by atoms with Crippen LogP contribution in [0.4, 0.5) is 0 Å². The molecule has 0 spiro atoms. The molecule has 6 heteroatoms. The van der Waals surface area contributed by atoms with Crippen molar-refractivity contribution in [3.05, 3.63) is 47.4 Å². The zero-order chi connectivity index (χ0) is 20.0. The lowest BCUT2D eigenvalue weighted by atomic mass is 9.67. The van der Waals surface area contributed by atoms with Crippen LogP contribution >= 0.6 is 0 Å². The Bertz CT molecular complexity index is 802. The monoisotopic (exact) mass is 384 g/mol. The highest BCUT2D eigenvalue weighted by Crippen LogP contribution is 2.42. The molecule has 2 N–H and O–H groups in total. The van der Waals surface area contributed by atoms with Gasteiger partial charge in [-0.15, -0.1) is 0 Å². The van der Waals surface area contributed by atoms with Crippen molar-refractivity contribution < 1.29 is 19.7 Å². The molecule has 0 atom stereocenters. The second-order valence-corrected chi connectivity index (χ2v) is 7.53. The van der Waals surface area contributed by atoms with Gasteiger partial charge in [0.15, 0.2) is 5.69 Å². The van der Waals surface area contributed by atoms with E-state index in [0.29, 0.717) is 18.9 Å². The van der Waals surface area contributed by atoms with Gasteiger partial charge in [0.05, 0.1) is 6.61 Å². The summed E-state index contributed by atoms with van der Waals surface area (Å²) in [5.41, 5.74) is 0.822. The van der Waals surface area contributed by atoms with E-state index in [4.69, 9.17) is 4.74 Å². The number of carbonyl (C=O) groups is 1. The number of hydrogen-bond donors (Lipinski definition) is 2. The van der Waals surface area contributed by atoms with Gasteiger partial charge in [0, 0.05) is 11.8 Å². The summed E-state index contributed by atoms with van der Waals surface area (Å²) < 4.78 is 5.47. The number of carboxylic acid groups (broad SMARTS) is 1. The number of benzene rings is 1. The first-order valence-electron chi connectivity index (χ1n) is 10.1. The van der Waals surface area contributed by atoms with E-state index in [9.17, 15) is 15.0 Å². The van der Waals surface area contributed by atoms with E-state index in [2.05, 4.69) is 22.1 Å². The molecule has 1 aromatic carbocycles. The van der Waals surface area contributed by atoms with E-state index in [1.54, 1.807) is 0 Å². The molecule has 0 unspecified atom stereocenters. The fourth-order valence-electron chi connectivity index (χ4n) is 4.05. The first kappa shape index (κ1) is 20.1. The summed E-state index contributed by atoms with van der Waals surface area (Å²) in [7, 11) is 0. The molecular weight excluding hydrogens is 356 g/mol. The number of carboxylic acids is 1. The Morgan fingerprint density at radius 3 is 2.50 bits per heavy atom. The van der Waals surface area contributed by atoms with Crippen molar-refractivity contribution >= 4 is 5.97 Å². The van der Waals surface area contributed by atoms with E-state index in [1.165, 1.54) is 12.0 Å². The average molecular weight is 384 g/mol. The molecule has 1 aliphatic rings. The van der Waals surface area contributed by atoms with Crippen molar-refractivity contribution in [1.82, 2.24) is 9.97 Å². The van der Waals surface area contributed by atoms with E-state index in [0.717, 1.165) is 38.5 Å². The third-order valence-corrected chi connectivity index (χ3v) is 5.53. The molecule has 1 saturated carbocycles. The first-order valence-corrected chi connectivity index (χ1v) is 10.1. The predicted molar refractivity (Wildman–Crippen MR) is 106 cm³/mol. The lowest BCUT2D eigenvalue weighted by Crippen LogP contribution is -2.32. The fraction of sp³-hybridized carbons (Fsp3) is 0.500. The standard InChI is InChI=1S/C22H28N2O4/c1-2-3-14-28-19-18(21(26)27)23-17(24-20(19)25)15-22(12-8-5-9-13-22)16-10-6-4-7-11-16/h4,6-7,10-11H,2-3,5,8-9,12-15H2,1H3,(H,26,27)(H,23,24,25). The van der Waals surface area contributed by atoms with E-state index in [1.807, 2.05) is 25.1 Å².